The standard InChI is InChI=1S/C16H35N.C14H30/c1-4-5-6-7-8-9-10-11-12-13-14-15-16-17(2)3;1-3-5-7-9-11-13-14-12-10-8-6-4-2/h4-16H2,1-3H3;3-14H2,1-2H3/p+1. The van der Waals surface area contributed by atoms with Crippen LogP contribution in [0, 0.1) is 0 Å². The first kappa shape index (κ1) is 33.1. The smallest absolute Gasteiger partial charge is 0.0766 e. The molecular formula is C30H66N+. The second kappa shape index (κ2) is 32.1. The van der Waals surface area contributed by atoms with Gasteiger partial charge in [0.2, 0.25) is 0 Å². The van der Waals surface area contributed by atoms with Gasteiger partial charge in [0.1, 0.15) is 0 Å². The minimum absolute atomic E-state index is 1.34. The van der Waals surface area contributed by atoms with Gasteiger partial charge in [-0.05, 0) is 12.8 Å². The van der Waals surface area contributed by atoms with Gasteiger partial charge in [-0.1, -0.05) is 162 Å². The maximum absolute atomic E-state index is 2.29. The molecule has 0 aliphatic carbocycles. The van der Waals surface area contributed by atoms with E-state index in [9.17, 15) is 0 Å². The Labute approximate surface area is 200 Å². The Kier molecular flexibility index (Phi) is 34.4. The number of hydrogen-bond acceptors (Lipinski definition) is 0. The molecule has 0 atom stereocenters. The summed E-state index contributed by atoms with van der Waals surface area (Å²) in [5.74, 6) is 0. The van der Waals surface area contributed by atoms with Crippen molar-refractivity contribution in [3.63, 3.8) is 0 Å². The molecule has 0 fully saturated rings. The summed E-state index contributed by atoms with van der Waals surface area (Å²) in [6.07, 6.45) is 34.9. The summed E-state index contributed by atoms with van der Waals surface area (Å²) < 4.78 is 0. The Bertz CT molecular complexity index is 262. The van der Waals surface area contributed by atoms with E-state index in [2.05, 4.69) is 34.9 Å². The van der Waals surface area contributed by atoms with Crippen LogP contribution in [0.1, 0.15) is 175 Å². The first-order valence-electron chi connectivity index (χ1n) is 15.0. The molecular weight excluding hydrogens is 374 g/mol. The minimum Gasteiger partial charge on any atom is -0.340 e. The van der Waals surface area contributed by atoms with E-state index >= 15 is 0 Å². The topological polar surface area (TPSA) is 4.44 Å². The van der Waals surface area contributed by atoms with E-state index in [0.29, 0.717) is 0 Å². The van der Waals surface area contributed by atoms with E-state index < -0.39 is 0 Å². The molecule has 190 valence electrons. The molecule has 0 saturated carbocycles. The van der Waals surface area contributed by atoms with Crippen molar-refractivity contribution >= 4 is 0 Å². The number of hydrogen-bond donors (Lipinski definition) is 1. The molecule has 0 aromatic carbocycles. The van der Waals surface area contributed by atoms with Gasteiger partial charge < -0.3 is 4.90 Å². The third-order valence-electron chi connectivity index (χ3n) is 6.49. The summed E-state index contributed by atoms with van der Waals surface area (Å²) >= 11 is 0. The summed E-state index contributed by atoms with van der Waals surface area (Å²) in [7, 11) is 4.50. The summed E-state index contributed by atoms with van der Waals surface area (Å²) in [6, 6.07) is 0. The van der Waals surface area contributed by atoms with Crippen molar-refractivity contribution in [3.8, 4) is 0 Å². The Morgan fingerprint density at radius 2 is 0.484 bits per heavy atom. The van der Waals surface area contributed by atoms with Gasteiger partial charge in [-0.2, -0.15) is 0 Å². The van der Waals surface area contributed by atoms with Crippen LogP contribution >= 0.6 is 0 Å². The molecule has 0 aromatic heterocycles. The van der Waals surface area contributed by atoms with Crippen LogP contribution in [-0.2, 0) is 0 Å². The summed E-state index contributed by atoms with van der Waals surface area (Å²) in [6.45, 7) is 8.21. The number of unbranched alkanes of at least 4 members (excludes halogenated alkanes) is 22. The number of rotatable bonds is 24. The van der Waals surface area contributed by atoms with Crippen molar-refractivity contribution in [2.45, 2.75) is 175 Å². The van der Waals surface area contributed by atoms with Crippen LogP contribution in [0.5, 0.6) is 0 Å². The SMILES string of the molecule is CCCCCCCCCCCCCC.CCCCCCCCCCCCCC[NH+](C)C. The maximum Gasteiger partial charge on any atom is 0.0766 e. The largest absolute Gasteiger partial charge is 0.340 e. The second-order valence-corrected chi connectivity index (χ2v) is 10.4. The molecule has 1 nitrogen and oxygen atoms in total. The van der Waals surface area contributed by atoms with E-state index in [0.717, 1.165) is 0 Å². The second-order valence-electron chi connectivity index (χ2n) is 10.4. The Morgan fingerprint density at radius 3 is 0.677 bits per heavy atom. The van der Waals surface area contributed by atoms with Gasteiger partial charge in [0, 0.05) is 0 Å². The Hall–Kier alpha value is -0.0400. The van der Waals surface area contributed by atoms with Gasteiger partial charge >= 0.3 is 0 Å². The van der Waals surface area contributed by atoms with Crippen molar-refractivity contribution in [1.29, 1.82) is 0 Å². The van der Waals surface area contributed by atoms with E-state index in [1.165, 1.54) is 161 Å². The fourth-order valence-electron chi connectivity index (χ4n) is 4.23. The van der Waals surface area contributed by atoms with Crippen LogP contribution in [0.15, 0.2) is 0 Å². The molecule has 31 heavy (non-hydrogen) atoms. The van der Waals surface area contributed by atoms with E-state index in [4.69, 9.17) is 0 Å². The van der Waals surface area contributed by atoms with Gasteiger partial charge in [0.15, 0.2) is 0 Å². The molecule has 1 heteroatoms. The summed E-state index contributed by atoms with van der Waals surface area (Å²) in [5.41, 5.74) is 0. The lowest BCUT2D eigenvalue weighted by Crippen LogP contribution is -3.05. The van der Waals surface area contributed by atoms with Crippen LogP contribution in [0.2, 0.25) is 0 Å². The third-order valence-corrected chi connectivity index (χ3v) is 6.49. The van der Waals surface area contributed by atoms with Gasteiger partial charge in [-0.3, -0.25) is 0 Å². The molecule has 0 aromatic rings. The molecule has 0 spiro atoms. The van der Waals surface area contributed by atoms with Crippen molar-refractivity contribution in [2.24, 2.45) is 0 Å². The molecule has 0 unspecified atom stereocenters. The average molecular weight is 441 g/mol. The van der Waals surface area contributed by atoms with Crippen molar-refractivity contribution in [2.75, 3.05) is 20.6 Å². The lowest BCUT2D eigenvalue weighted by atomic mass is 10.1. The molecule has 0 bridgehead atoms. The Morgan fingerprint density at radius 1 is 0.290 bits per heavy atom. The molecule has 0 rings (SSSR count). The molecule has 0 aliphatic heterocycles. The number of quaternary nitrogens is 1. The highest BCUT2D eigenvalue weighted by atomic mass is 15.0. The first-order valence-corrected chi connectivity index (χ1v) is 15.0. The minimum atomic E-state index is 1.34. The van der Waals surface area contributed by atoms with Gasteiger partial charge in [0.25, 0.3) is 0 Å². The predicted octanol–water partition coefficient (Wildman–Crippen LogP) is 9.54. The highest BCUT2D eigenvalue weighted by Crippen LogP contribution is 2.12. The monoisotopic (exact) mass is 441 g/mol. The molecule has 0 saturated heterocycles. The zero-order valence-electron chi connectivity index (χ0n) is 23.2. The highest BCUT2D eigenvalue weighted by molar-refractivity contribution is 4.49. The van der Waals surface area contributed by atoms with Crippen LogP contribution in [-0.4, -0.2) is 20.6 Å². The van der Waals surface area contributed by atoms with E-state index in [-0.39, 0.29) is 0 Å². The van der Waals surface area contributed by atoms with Crippen LogP contribution < -0.4 is 4.90 Å². The van der Waals surface area contributed by atoms with Crippen LogP contribution in [0.4, 0.5) is 0 Å². The lowest BCUT2D eigenvalue weighted by molar-refractivity contribution is -0.858. The van der Waals surface area contributed by atoms with Crippen molar-refractivity contribution in [3.05, 3.63) is 0 Å². The van der Waals surface area contributed by atoms with Gasteiger partial charge in [0.05, 0.1) is 20.6 Å². The van der Waals surface area contributed by atoms with E-state index in [1.54, 1.807) is 4.90 Å². The summed E-state index contributed by atoms with van der Waals surface area (Å²) in [4.78, 5) is 1.59. The molecule has 0 aliphatic rings. The first-order chi connectivity index (χ1) is 15.2. The quantitative estimate of drug-likeness (QED) is 0.142. The predicted molar refractivity (Wildman–Crippen MR) is 146 cm³/mol. The zero-order valence-corrected chi connectivity index (χ0v) is 23.2. The van der Waals surface area contributed by atoms with Crippen LogP contribution in [0.3, 0.4) is 0 Å². The van der Waals surface area contributed by atoms with Gasteiger partial charge in [-0.15, -0.1) is 0 Å². The van der Waals surface area contributed by atoms with Gasteiger partial charge in [-0.25, -0.2) is 0 Å². The molecule has 0 amide bonds. The average Bonchev–Trinajstić information content (AvgIpc) is 2.76. The normalized spacial score (nSPS) is 11.0. The lowest BCUT2D eigenvalue weighted by Gasteiger charge is -2.06. The van der Waals surface area contributed by atoms with Crippen molar-refractivity contribution in [1.82, 2.24) is 0 Å². The molecule has 0 heterocycles. The fourth-order valence-corrected chi connectivity index (χ4v) is 4.23. The Balaban J connectivity index is 0. The van der Waals surface area contributed by atoms with Crippen LogP contribution in [0.25, 0.3) is 0 Å². The van der Waals surface area contributed by atoms with Crippen molar-refractivity contribution < 1.29 is 4.90 Å². The summed E-state index contributed by atoms with van der Waals surface area (Å²) in [5, 5.41) is 0. The molecule has 0 radical (unpaired) electrons. The highest BCUT2D eigenvalue weighted by Gasteiger charge is 1.95. The fraction of sp³-hybridized carbons (Fsp3) is 1.00. The van der Waals surface area contributed by atoms with E-state index in [1.807, 2.05) is 0 Å². The molecule has 1 N–H and O–H groups in total. The number of nitrogens with one attached hydrogen (secondary N) is 1. The zero-order chi connectivity index (χ0) is 23.3. The third kappa shape index (κ3) is 37.6. The maximum atomic E-state index is 2.29.